The third kappa shape index (κ3) is 3.02. The SMILES string of the molecule is Cc1ccccc1NC(=O)N=NC1=C(O)C2CCCCC2C1=O. The number of azo groups is 1. The summed E-state index contributed by atoms with van der Waals surface area (Å²) in [5.41, 5.74) is 1.49. The summed E-state index contributed by atoms with van der Waals surface area (Å²) in [6.45, 7) is 1.87. The number of benzene rings is 1. The van der Waals surface area contributed by atoms with Gasteiger partial charge in [-0.3, -0.25) is 4.79 Å². The number of allylic oxidation sites excluding steroid dienone is 2. The Bertz CT molecular complexity index is 709. The summed E-state index contributed by atoms with van der Waals surface area (Å²) in [5, 5.41) is 20.1. The summed E-state index contributed by atoms with van der Waals surface area (Å²) >= 11 is 0. The normalized spacial score (nSPS) is 24.1. The average molecular weight is 313 g/mol. The van der Waals surface area contributed by atoms with Gasteiger partial charge in [-0.2, -0.15) is 0 Å². The second-order valence-electron chi connectivity index (χ2n) is 6.04. The van der Waals surface area contributed by atoms with Gasteiger partial charge in [0, 0.05) is 17.5 Å². The summed E-state index contributed by atoms with van der Waals surface area (Å²) in [7, 11) is 0. The maximum Gasteiger partial charge on any atom is 0.364 e. The lowest BCUT2D eigenvalue weighted by Crippen LogP contribution is -2.21. The van der Waals surface area contributed by atoms with E-state index in [9.17, 15) is 14.7 Å². The number of hydrogen-bond acceptors (Lipinski definition) is 4. The topological polar surface area (TPSA) is 91.1 Å². The number of nitrogens with one attached hydrogen (secondary N) is 1. The summed E-state index contributed by atoms with van der Waals surface area (Å²) in [6.07, 6.45) is 3.54. The van der Waals surface area contributed by atoms with Crippen molar-refractivity contribution in [2.24, 2.45) is 22.1 Å². The molecule has 3 rings (SSSR count). The lowest BCUT2D eigenvalue weighted by Gasteiger charge is -2.23. The van der Waals surface area contributed by atoms with Crippen LogP contribution >= 0.6 is 0 Å². The van der Waals surface area contributed by atoms with E-state index in [0.29, 0.717) is 5.69 Å². The first-order valence-corrected chi connectivity index (χ1v) is 7.83. The number of rotatable bonds is 2. The Morgan fingerprint density at radius 2 is 1.91 bits per heavy atom. The van der Waals surface area contributed by atoms with Gasteiger partial charge in [0.2, 0.25) is 0 Å². The molecule has 1 fully saturated rings. The molecule has 0 spiro atoms. The number of carbonyl (C=O) groups is 2. The van der Waals surface area contributed by atoms with Gasteiger partial charge in [0.05, 0.1) is 0 Å². The second-order valence-corrected chi connectivity index (χ2v) is 6.04. The number of amides is 2. The van der Waals surface area contributed by atoms with E-state index in [1.807, 2.05) is 19.1 Å². The van der Waals surface area contributed by atoms with Gasteiger partial charge >= 0.3 is 6.03 Å². The van der Waals surface area contributed by atoms with Crippen molar-refractivity contribution in [3.8, 4) is 0 Å². The van der Waals surface area contributed by atoms with Crippen molar-refractivity contribution in [1.82, 2.24) is 0 Å². The molecule has 23 heavy (non-hydrogen) atoms. The summed E-state index contributed by atoms with van der Waals surface area (Å²) < 4.78 is 0. The number of Topliss-reactive ketones (excluding diaryl/α,β-unsaturated/α-hetero) is 1. The van der Waals surface area contributed by atoms with Crippen LogP contribution in [-0.2, 0) is 4.79 Å². The van der Waals surface area contributed by atoms with Crippen LogP contribution in [0.15, 0.2) is 46.0 Å². The highest BCUT2D eigenvalue weighted by Gasteiger charge is 2.43. The van der Waals surface area contributed by atoms with E-state index < -0.39 is 6.03 Å². The number of nitrogens with zero attached hydrogens (tertiary/aromatic N) is 2. The van der Waals surface area contributed by atoms with Gasteiger partial charge in [0.15, 0.2) is 11.5 Å². The number of anilines is 1. The van der Waals surface area contributed by atoms with E-state index in [1.54, 1.807) is 12.1 Å². The number of para-hydroxylation sites is 1. The van der Waals surface area contributed by atoms with E-state index in [0.717, 1.165) is 31.2 Å². The summed E-state index contributed by atoms with van der Waals surface area (Å²) in [6, 6.07) is 6.64. The van der Waals surface area contributed by atoms with Crippen molar-refractivity contribution in [2.45, 2.75) is 32.6 Å². The predicted molar refractivity (Wildman–Crippen MR) is 85.2 cm³/mol. The molecule has 0 radical (unpaired) electrons. The van der Waals surface area contributed by atoms with E-state index in [4.69, 9.17) is 0 Å². The summed E-state index contributed by atoms with van der Waals surface area (Å²) in [4.78, 5) is 24.1. The Hall–Kier alpha value is -2.50. The monoisotopic (exact) mass is 313 g/mol. The third-order valence-corrected chi connectivity index (χ3v) is 4.56. The molecule has 0 heterocycles. The number of hydrogen-bond donors (Lipinski definition) is 2. The van der Waals surface area contributed by atoms with Crippen molar-refractivity contribution in [2.75, 3.05) is 5.32 Å². The molecule has 2 amide bonds. The molecule has 2 atom stereocenters. The highest BCUT2D eigenvalue weighted by Crippen LogP contribution is 2.42. The zero-order chi connectivity index (χ0) is 16.4. The second kappa shape index (κ2) is 6.32. The zero-order valence-electron chi connectivity index (χ0n) is 13.0. The van der Waals surface area contributed by atoms with Gasteiger partial charge in [-0.25, -0.2) is 4.79 Å². The van der Waals surface area contributed by atoms with Gasteiger partial charge in [-0.15, -0.1) is 5.11 Å². The van der Waals surface area contributed by atoms with Crippen molar-refractivity contribution < 1.29 is 14.7 Å². The molecule has 1 aromatic carbocycles. The maximum atomic E-state index is 12.3. The van der Waals surface area contributed by atoms with Crippen LogP contribution in [0.25, 0.3) is 0 Å². The Labute approximate surface area is 134 Å². The fourth-order valence-corrected chi connectivity index (χ4v) is 3.30. The smallest absolute Gasteiger partial charge is 0.364 e. The number of aryl methyl sites for hydroxylation is 1. The average Bonchev–Trinajstić information content (AvgIpc) is 2.80. The van der Waals surface area contributed by atoms with Crippen LogP contribution in [0.3, 0.4) is 0 Å². The van der Waals surface area contributed by atoms with Gasteiger partial charge in [0.25, 0.3) is 0 Å². The van der Waals surface area contributed by atoms with Gasteiger partial charge in [-0.1, -0.05) is 36.2 Å². The molecular formula is C17H19N3O3. The predicted octanol–water partition coefficient (Wildman–Crippen LogP) is 4.14. The standard InChI is InChI=1S/C17H19N3O3/c1-10-6-2-5-9-13(10)18-17(23)20-19-14-15(21)11-7-3-4-8-12(11)16(14)22/h2,5-6,9,11-12,21H,3-4,7-8H2,1H3,(H,18,23). The molecule has 0 aliphatic heterocycles. The van der Waals surface area contributed by atoms with Crippen molar-refractivity contribution >= 4 is 17.5 Å². The Balaban J connectivity index is 1.72. The largest absolute Gasteiger partial charge is 0.510 e. The van der Waals surface area contributed by atoms with Crippen molar-refractivity contribution in [3.05, 3.63) is 41.3 Å². The van der Waals surface area contributed by atoms with Crippen LogP contribution in [0.4, 0.5) is 10.5 Å². The number of ketones is 1. The van der Waals surface area contributed by atoms with Crippen LogP contribution in [0, 0.1) is 18.8 Å². The van der Waals surface area contributed by atoms with E-state index in [2.05, 4.69) is 15.5 Å². The van der Waals surface area contributed by atoms with E-state index in [1.165, 1.54) is 0 Å². The van der Waals surface area contributed by atoms with Crippen LogP contribution in [0.5, 0.6) is 0 Å². The fraction of sp³-hybridized carbons (Fsp3) is 0.412. The number of fused-ring (bicyclic) bond motifs is 1. The molecule has 0 saturated heterocycles. The highest BCUT2D eigenvalue weighted by molar-refractivity contribution is 6.00. The Morgan fingerprint density at radius 1 is 1.22 bits per heavy atom. The minimum absolute atomic E-state index is 0.00728. The van der Waals surface area contributed by atoms with E-state index in [-0.39, 0.29) is 29.1 Å². The lowest BCUT2D eigenvalue weighted by atomic mass is 9.80. The molecular weight excluding hydrogens is 294 g/mol. The van der Waals surface area contributed by atoms with Crippen LogP contribution < -0.4 is 5.32 Å². The number of aliphatic hydroxyl groups is 1. The number of carbonyl (C=O) groups excluding carboxylic acids is 2. The van der Waals surface area contributed by atoms with Crippen molar-refractivity contribution in [1.29, 1.82) is 0 Å². The van der Waals surface area contributed by atoms with Gasteiger partial charge < -0.3 is 10.4 Å². The first-order chi connectivity index (χ1) is 11.1. The molecule has 120 valence electrons. The molecule has 2 unspecified atom stereocenters. The Morgan fingerprint density at radius 3 is 2.61 bits per heavy atom. The third-order valence-electron chi connectivity index (χ3n) is 4.56. The molecule has 6 heteroatoms. The lowest BCUT2D eigenvalue weighted by molar-refractivity contribution is -0.120. The zero-order valence-corrected chi connectivity index (χ0v) is 13.0. The molecule has 1 saturated carbocycles. The number of urea groups is 1. The fourth-order valence-electron chi connectivity index (χ4n) is 3.30. The molecule has 6 nitrogen and oxygen atoms in total. The van der Waals surface area contributed by atoms with E-state index >= 15 is 0 Å². The number of aliphatic hydroxyl groups excluding tert-OH is 1. The molecule has 0 aromatic heterocycles. The minimum atomic E-state index is -0.665. The van der Waals surface area contributed by atoms with Crippen LogP contribution in [-0.4, -0.2) is 16.9 Å². The van der Waals surface area contributed by atoms with Crippen LogP contribution in [0.1, 0.15) is 31.2 Å². The quantitative estimate of drug-likeness (QED) is 0.804. The van der Waals surface area contributed by atoms with Gasteiger partial charge in [-0.05, 0) is 31.4 Å². The first kappa shape index (κ1) is 15.4. The summed E-state index contributed by atoms with van der Waals surface area (Å²) in [5.74, 6) is -0.548. The molecule has 0 bridgehead atoms. The molecule has 2 N–H and O–H groups in total. The molecule has 2 aliphatic carbocycles. The Kier molecular flexibility index (Phi) is 4.23. The van der Waals surface area contributed by atoms with Gasteiger partial charge in [0.1, 0.15) is 5.76 Å². The molecule has 2 aliphatic rings. The highest BCUT2D eigenvalue weighted by atomic mass is 16.3. The maximum absolute atomic E-state index is 12.3. The minimum Gasteiger partial charge on any atom is -0.510 e. The van der Waals surface area contributed by atoms with Crippen molar-refractivity contribution in [3.63, 3.8) is 0 Å². The first-order valence-electron chi connectivity index (χ1n) is 7.83. The van der Waals surface area contributed by atoms with Crippen LogP contribution in [0.2, 0.25) is 0 Å². The molecule has 1 aromatic rings.